The molecule has 0 bridgehead atoms. The number of furan rings is 1. The lowest BCUT2D eigenvalue weighted by molar-refractivity contribution is 0.0440. The topological polar surface area (TPSA) is 69.7 Å². The number of hydrogen-bond donors (Lipinski definition) is 0. The summed E-state index contributed by atoms with van der Waals surface area (Å²) in [7, 11) is 0. The van der Waals surface area contributed by atoms with Gasteiger partial charge >= 0.3 is 11.6 Å². The summed E-state index contributed by atoms with van der Waals surface area (Å²) < 4.78 is 16.3. The first kappa shape index (κ1) is 16.3. The van der Waals surface area contributed by atoms with Crippen molar-refractivity contribution < 1.29 is 18.4 Å². The first-order valence-corrected chi connectivity index (χ1v) is 8.79. The number of benzene rings is 3. The quantitative estimate of drug-likeness (QED) is 0.252. The zero-order valence-corrected chi connectivity index (χ0v) is 14.7. The predicted molar refractivity (Wildman–Crippen MR) is 105 cm³/mol. The number of carbonyl (C=O) groups excluding carboxylic acids is 1. The van der Waals surface area contributed by atoms with Crippen molar-refractivity contribution in [2.75, 3.05) is 0 Å². The molecule has 0 unspecified atom stereocenters. The molecule has 2 heterocycles. The molecule has 0 spiro atoms. The van der Waals surface area contributed by atoms with E-state index in [0.717, 1.165) is 21.5 Å². The Morgan fingerprint density at radius 3 is 2.46 bits per heavy atom. The molecule has 0 aliphatic rings. The normalized spacial score (nSPS) is 11.3. The third-order valence-electron chi connectivity index (χ3n) is 4.70. The van der Waals surface area contributed by atoms with E-state index in [1.54, 1.807) is 18.2 Å². The van der Waals surface area contributed by atoms with Gasteiger partial charge in [0.2, 0.25) is 5.76 Å². The second-order valence-corrected chi connectivity index (χ2v) is 6.48. The van der Waals surface area contributed by atoms with Gasteiger partial charge in [-0.3, -0.25) is 0 Å². The fourth-order valence-electron chi connectivity index (χ4n) is 3.43. The monoisotopic (exact) mass is 370 g/mol. The molecule has 0 aliphatic heterocycles. The SMILES string of the molecule is O=C(OCc1cc(=O)oc2ccc3ccccc3c12)c1cc2ccccc2o1. The fraction of sp³-hybridized carbons (Fsp3) is 0.0435. The number of fused-ring (bicyclic) bond motifs is 4. The van der Waals surface area contributed by atoms with Crippen molar-refractivity contribution in [2.24, 2.45) is 0 Å². The molecule has 3 aromatic carbocycles. The summed E-state index contributed by atoms with van der Waals surface area (Å²) in [5.74, 6) is -0.462. The molecular weight excluding hydrogens is 356 g/mol. The van der Waals surface area contributed by atoms with Crippen molar-refractivity contribution in [1.82, 2.24) is 0 Å². The summed E-state index contributed by atoms with van der Waals surface area (Å²) >= 11 is 0. The molecule has 0 fully saturated rings. The smallest absolute Gasteiger partial charge is 0.374 e. The van der Waals surface area contributed by atoms with Crippen molar-refractivity contribution in [1.29, 1.82) is 0 Å². The van der Waals surface area contributed by atoms with E-state index in [4.69, 9.17) is 13.6 Å². The van der Waals surface area contributed by atoms with Crippen molar-refractivity contribution in [3.63, 3.8) is 0 Å². The first-order valence-electron chi connectivity index (χ1n) is 8.79. The van der Waals surface area contributed by atoms with Crippen molar-refractivity contribution >= 4 is 38.7 Å². The standard InChI is InChI=1S/C23H14O5/c24-21-12-16(22-17-7-3-1-5-14(17)9-10-19(22)28-21)13-26-23(25)20-11-15-6-2-4-8-18(15)27-20/h1-12H,13H2. The number of carbonyl (C=O) groups is 1. The third-order valence-corrected chi connectivity index (χ3v) is 4.70. The molecule has 5 aromatic rings. The summed E-state index contributed by atoms with van der Waals surface area (Å²) in [6.45, 7) is -0.0635. The van der Waals surface area contributed by atoms with Crippen molar-refractivity contribution in [2.45, 2.75) is 6.61 Å². The predicted octanol–water partition coefficient (Wildman–Crippen LogP) is 5.05. The van der Waals surface area contributed by atoms with E-state index in [1.165, 1.54) is 6.07 Å². The molecular formula is C23H14O5. The van der Waals surface area contributed by atoms with E-state index in [2.05, 4.69) is 0 Å². The molecule has 2 aromatic heterocycles. The fourth-order valence-corrected chi connectivity index (χ4v) is 3.43. The van der Waals surface area contributed by atoms with Crippen LogP contribution in [0.2, 0.25) is 0 Å². The van der Waals surface area contributed by atoms with E-state index in [-0.39, 0.29) is 12.4 Å². The van der Waals surface area contributed by atoms with Crippen LogP contribution in [0.15, 0.2) is 86.4 Å². The number of rotatable bonds is 3. The summed E-state index contributed by atoms with van der Waals surface area (Å²) in [5.41, 5.74) is 1.18. The lowest BCUT2D eigenvalue weighted by Crippen LogP contribution is -2.07. The van der Waals surface area contributed by atoms with Gasteiger partial charge in [-0.05, 0) is 29.0 Å². The van der Waals surface area contributed by atoms with Crippen LogP contribution in [0.25, 0.3) is 32.7 Å². The second-order valence-electron chi connectivity index (χ2n) is 6.48. The van der Waals surface area contributed by atoms with Gasteiger partial charge in [0.25, 0.3) is 0 Å². The largest absolute Gasteiger partial charge is 0.455 e. The molecule has 0 N–H and O–H groups in total. The number of hydrogen-bond acceptors (Lipinski definition) is 5. The molecule has 5 nitrogen and oxygen atoms in total. The Kier molecular flexibility index (Phi) is 3.72. The zero-order valence-electron chi connectivity index (χ0n) is 14.7. The Balaban J connectivity index is 1.53. The van der Waals surface area contributed by atoms with Gasteiger partial charge < -0.3 is 13.6 Å². The average molecular weight is 370 g/mol. The zero-order chi connectivity index (χ0) is 19.1. The third kappa shape index (κ3) is 2.74. The van der Waals surface area contributed by atoms with Gasteiger partial charge in [-0.2, -0.15) is 0 Å². The van der Waals surface area contributed by atoms with Crippen molar-refractivity contribution in [3.8, 4) is 0 Å². The van der Waals surface area contributed by atoms with Crippen LogP contribution in [-0.4, -0.2) is 5.97 Å². The lowest BCUT2D eigenvalue weighted by atomic mass is 10.0. The molecule has 0 amide bonds. The van der Waals surface area contributed by atoms with Gasteiger partial charge in [-0.25, -0.2) is 9.59 Å². The number of para-hydroxylation sites is 1. The Morgan fingerprint density at radius 1 is 0.821 bits per heavy atom. The van der Waals surface area contributed by atoms with Gasteiger partial charge in [0.05, 0.1) is 0 Å². The van der Waals surface area contributed by atoms with Gasteiger partial charge in [-0.15, -0.1) is 0 Å². The van der Waals surface area contributed by atoms with E-state index in [9.17, 15) is 9.59 Å². The lowest BCUT2D eigenvalue weighted by Gasteiger charge is -2.09. The number of esters is 1. The molecule has 0 atom stereocenters. The molecule has 0 saturated carbocycles. The van der Waals surface area contributed by atoms with Crippen LogP contribution in [0.4, 0.5) is 0 Å². The van der Waals surface area contributed by atoms with Gasteiger partial charge in [0.1, 0.15) is 17.8 Å². The van der Waals surface area contributed by atoms with Crippen LogP contribution in [0.3, 0.4) is 0 Å². The van der Waals surface area contributed by atoms with E-state index < -0.39 is 11.6 Å². The number of ether oxygens (including phenoxy) is 1. The van der Waals surface area contributed by atoms with E-state index in [0.29, 0.717) is 16.7 Å². The van der Waals surface area contributed by atoms with Crippen LogP contribution in [0.5, 0.6) is 0 Å². The van der Waals surface area contributed by atoms with Crippen LogP contribution < -0.4 is 5.63 Å². The molecule has 0 saturated heterocycles. The summed E-state index contributed by atoms with van der Waals surface area (Å²) in [4.78, 5) is 24.4. The minimum atomic E-state index is -0.585. The molecule has 5 rings (SSSR count). The molecule has 0 radical (unpaired) electrons. The van der Waals surface area contributed by atoms with Crippen LogP contribution in [0.1, 0.15) is 16.1 Å². The van der Waals surface area contributed by atoms with Gasteiger partial charge in [-0.1, -0.05) is 48.5 Å². The minimum Gasteiger partial charge on any atom is -0.455 e. The summed E-state index contributed by atoms with van der Waals surface area (Å²) in [6.07, 6.45) is 0. The maximum Gasteiger partial charge on any atom is 0.374 e. The Morgan fingerprint density at radius 2 is 1.61 bits per heavy atom. The highest BCUT2D eigenvalue weighted by Crippen LogP contribution is 2.28. The first-order chi connectivity index (χ1) is 13.7. The molecule has 28 heavy (non-hydrogen) atoms. The summed E-state index contributed by atoms with van der Waals surface area (Å²) in [5, 5.41) is 3.52. The molecule has 0 aliphatic carbocycles. The summed E-state index contributed by atoms with van der Waals surface area (Å²) in [6, 6.07) is 21.8. The highest BCUT2D eigenvalue weighted by atomic mass is 16.5. The molecule has 136 valence electrons. The highest BCUT2D eigenvalue weighted by molar-refractivity contribution is 6.07. The average Bonchev–Trinajstić information content (AvgIpc) is 3.15. The minimum absolute atomic E-state index is 0.0635. The van der Waals surface area contributed by atoms with Crippen LogP contribution in [-0.2, 0) is 11.3 Å². The van der Waals surface area contributed by atoms with Crippen LogP contribution in [0, 0.1) is 0 Å². The molecule has 5 heteroatoms. The van der Waals surface area contributed by atoms with Crippen LogP contribution >= 0.6 is 0 Å². The Labute approximate surface area is 158 Å². The van der Waals surface area contributed by atoms with Gasteiger partial charge in [0, 0.05) is 22.4 Å². The van der Waals surface area contributed by atoms with Crippen molar-refractivity contribution in [3.05, 3.63) is 94.5 Å². The maximum atomic E-state index is 12.5. The van der Waals surface area contributed by atoms with E-state index >= 15 is 0 Å². The highest BCUT2D eigenvalue weighted by Gasteiger charge is 2.16. The Hall–Kier alpha value is -3.86. The second kappa shape index (κ2) is 6.39. The van der Waals surface area contributed by atoms with E-state index in [1.807, 2.05) is 48.5 Å². The maximum absolute atomic E-state index is 12.5. The van der Waals surface area contributed by atoms with Gasteiger partial charge in [0.15, 0.2) is 0 Å². The Bertz CT molecular complexity index is 1370.